The number of thiazole rings is 1. The number of ether oxygens (including phenoxy) is 1. The van der Waals surface area contributed by atoms with Gasteiger partial charge < -0.3 is 21.5 Å². The number of carbonyl (C=O) groups excluding carboxylic acids is 1. The third-order valence-electron chi connectivity index (χ3n) is 1.36. The van der Waals surface area contributed by atoms with E-state index in [1.165, 1.54) is 18.4 Å². The van der Waals surface area contributed by atoms with Crippen molar-refractivity contribution in [2.75, 3.05) is 7.11 Å². The van der Waals surface area contributed by atoms with Gasteiger partial charge in [0, 0.05) is 5.38 Å². The summed E-state index contributed by atoms with van der Waals surface area (Å²) in [5.74, 6) is -0.0446. The molecule has 1 aromatic rings. The summed E-state index contributed by atoms with van der Waals surface area (Å²) in [7, 11) is 1.29. The summed E-state index contributed by atoms with van der Waals surface area (Å²) < 4.78 is 4.40. The number of nitrogens with one attached hydrogen (secondary N) is 1. The number of hydrogen-bond donors (Lipinski definition) is 3. The Labute approximate surface area is 90.2 Å². The number of carbonyl (C=O) groups is 1. The fourth-order valence-corrected chi connectivity index (χ4v) is 1.48. The highest BCUT2D eigenvalue weighted by Crippen LogP contribution is 2.17. The van der Waals surface area contributed by atoms with Gasteiger partial charge in [0.1, 0.15) is 0 Å². The monoisotopic (exact) mass is 229 g/mol. The first kappa shape index (κ1) is 11.2. The first-order chi connectivity index (χ1) is 7.11. The Hall–Kier alpha value is -1.83. The van der Waals surface area contributed by atoms with Crippen LogP contribution in [0.5, 0.6) is 0 Å². The molecule has 8 heteroatoms. The quantitative estimate of drug-likeness (QED) is 0.494. The van der Waals surface area contributed by atoms with Gasteiger partial charge in [0.25, 0.3) is 0 Å². The molecule has 0 fully saturated rings. The zero-order chi connectivity index (χ0) is 11.3. The molecule has 0 bridgehead atoms. The molecule has 0 atom stereocenters. The number of amides is 1. The van der Waals surface area contributed by atoms with E-state index in [4.69, 9.17) is 11.5 Å². The molecule has 0 aliphatic heterocycles. The Morgan fingerprint density at radius 3 is 3.07 bits per heavy atom. The fourth-order valence-electron chi connectivity index (χ4n) is 0.774. The number of methoxy groups -OCH3 is 1. The topological polar surface area (TPSA) is 116 Å². The first-order valence-corrected chi connectivity index (χ1v) is 4.85. The van der Waals surface area contributed by atoms with Crippen LogP contribution in [0.4, 0.5) is 9.93 Å². The summed E-state index contributed by atoms with van der Waals surface area (Å²) in [6.07, 6.45) is -0.508. The molecule has 0 radical (unpaired) electrons. The van der Waals surface area contributed by atoms with Gasteiger partial charge in [0.2, 0.25) is 5.13 Å². The van der Waals surface area contributed by atoms with E-state index in [0.29, 0.717) is 10.8 Å². The maximum Gasteiger partial charge on any atom is 0.407 e. The molecule has 1 aromatic heterocycles. The second-order valence-electron chi connectivity index (χ2n) is 2.50. The molecule has 15 heavy (non-hydrogen) atoms. The van der Waals surface area contributed by atoms with Gasteiger partial charge in [0.05, 0.1) is 19.3 Å². The molecule has 0 aliphatic carbocycles. The van der Waals surface area contributed by atoms with E-state index in [0.717, 1.165) is 0 Å². The molecule has 0 aromatic carbocycles. The van der Waals surface area contributed by atoms with Crippen LogP contribution in [-0.2, 0) is 11.3 Å². The zero-order valence-electron chi connectivity index (χ0n) is 8.06. The number of nitrogens with two attached hydrogens (primary N) is 2. The van der Waals surface area contributed by atoms with Gasteiger partial charge >= 0.3 is 6.09 Å². The van der Waals surface area contributed by atoms with E-state index in [-0.39, 0.29) is 12.5 Å². The normalized spacial score (nSPS) is 9.40. The van der Waals surface area contributed by atoms with Gasteiger partial charge in [-0.2, -0.15) is 4.99 Å². The summed E-state index contributed by atoms with van der Waals surface area (Å²) in [5.41, 5.74) is 11.0. The highest BCUT2D eigenvalue weighted by atomic mass is 32.1. The second kappa shape index (κ2) is 5.15. The van der Waals surface area contributed by atoms with Crippen molar-refractivity contribution in [3.63, 3.8) is 0 Å². The van der Waals surface area contributed by atoms with Crippen molar-refractivity contribution in [1.29, 1.82) is 0 Å². The van der Waals surface area contributed by atoms with Gasteiger partial charge in [-0.15, -0.1) is 11.3 Å². The van der Waals surface area contributed by atoms with Crippen molar-refractivity contribution >= 4 is 28.5 Å². The summed E-state index contributed by atoms with van der Waals surface area (Å²) in [6, 6.07) is 0. The van der Waals surface area contributed by atoms with Crippen LogP contribution in [0.15, 0.2) is 10.4 Å². The fraction of sp³-hybridized carbons (Fsp3) is 0.286. The molecular weight excluding hydrogens is 218 g/mol. The molecule has 82 valence electrons. The smallest absolute Gasteiger partial charge is 0.407 e. The first-order valence-electron chi connectivity index (χ1n) is 3.97. The Morgan fingerprint density at radius 1 is 1.73 bits per heavy atom. The van der Waals surface area contributed by atoms with Crippen LogP contribution < -0.4 is 16.8 Å². The lowest BCUT2D eigenvalue weighted by atomic mass is 10.5. The number of nitrogens with zero attached hydrogens (tertiary/aromatic N) is 2. The van der Waals surface area contributed by atoms with Crippen molar-refractivity contribution in [3.8, 4) is 0 Å². The van der Waals surface area contributed by atoms with Gasteiger partial charge in [0.15, 0.2) is 5.96 Å². The molecular formula is C7H11N5O2S. The Morgan fingerprint density at radius 2 is 2.47 bits per heavy atom. The third-order valence-corrected chi connectivity index (χ3v) is 2.15. The largest absolute Gasteiger partial charge is 0.453 e. The summed E-state index contributed by atoms with van der Waals surface area (Å²) >= 11 is 1.29. The van der Waals surface area contributed by atoms with E-state index < -0.39 is 6.09 Å². The van der Waals surface area contributed by atoms with Crippen LogP contribution in [0.3, 0.4) is 0 Å². The van der Waals surface area contributed by atoms with E-state index in [1.54, 1.807) is 5.38 Å². The van der Waals surface area contributed by atoms with Crippen LogP contribution in [0.2, 0.25) is 0 Å². The Kier molecular flexibility index (Phi) is 3.86. The SMILES string of the molecule is COC(=O)NCc1csc(N=C(N)N)n1. The molecule has 0 aliphatic rings. The Balaban J connectivity index is 2.53. The van der Waals surface area contributed by atoms with Crippen LogP contribution in [-0.4, -0.2) is 24.1 Å². The van der Waals surface area contributed by atoms with Gasteiger partial charge in [-0.3, -0.25) is 0 Å². The third kappa shape index (κ3) is 3.81. The molecule has 5 N–H and O–H groups in total. The lowest BCUT2D eigenvalue weighted by Gasteiger charge is -1.99. The highest BCUT2D eigenvalue weighted by molar-refractivity contribution is 7.13. The molecule has 0 saturated heterocycles. The molecule has 1 heterocycles. The summed E-state index contributed by atoms with van der Waals surface area (Å²) in [4.78, 5) is 18.6. The molecule has 1 amide bonds. The van der Waals surface area contributed by atoms with Gasteiger partial charge in [-0.25, -0.2) is 9.78 Å². The van der Waals surface area contributed by atoms with Crippen molar-refractivity contribution in [2.45, 2.75) is 6.54 Å². The molecule has 0 saturated carbocycles. The van der Waals surface area contributed by atoms with E-state index >= 15 is 0 Å². The van der Waals surface area contributed by atoms with Crippen molar-refractivity contribution < 1.29 is 9.53 Å². The maximum absolute atomic E-state index is 10.7. The average molecular weight is 229 g/mol. The number of hydrogen-bond acceptors (Lipinski definition) is 5. The van der Waals surface area contributed by atoms with Crippen LogP contribution >= 0.6 is 11.3 Å². The highest BCUT2D eigenvalue weighted by Gasteiger charge is 2.03. The van der Waals surface area contributed by atoms with Crippen molar-refractivity contribution in [1.82, 2.24) is 10.3 Å². The van der Waals surface area contributed by atoms with Crippen LogP contribution in [0, 0.1) is 0 Å². The number of guanidine groups is 1. The van der Waals surface area contributed by atoms with Crippen molar-refractivity contribution in [3.05, 3.63) is 11.1 Å². The minimum atomic E-state index is -0.508. The Bertz CT molecular complexity index is 371. The lowest BCUT2D eigenvalue weighted by Crippen LogP contribution is -2.22. The zero-order valence-corrected chi connectivity index (χ0v) is 8.87. The lowest BCUT2D eigenvalue weighted by molar-refractivity contribution is 0.170. The van der Waals surface area contributed by atoms with E-state index in [1.807, 2.05) is 0 Å². The minimum Gasteiger partial charge on any atom is -0.453 e. The number of aromatic nitrogens is 1. The predicted octanol–water partition coefficient (Wildman–Crippen LogP) is -0.0960. The number of rotatable bonds is 3. The van der Waals surface area contributed by atoms with Gasteiger partial charge in [-0.05, 0) is 0 Å². The predicted molar refractivity (Wildman–Crippen MR) is 56.8 cm³/mol. The standard InChI is InChI=1S/C7H11N5O2S/c1-14-7(13)10-2-4-3-15-6(11-4)12-5(8)9/h3H,2H2,1H3,(H,10,13)(H4,8,9,11,12). The molecule has 0 unspecified atom stereocenters. The second-order valence-corrected chi connectivity index (χ2v) is 3.34. The number of alkyl carbamates (subject to hydrolysis) is 1. The van der Waals surface area contributed by atoms with E-state index in [9.17, 15) is 4.79 Å². The molecule has 7 nitrogen and oxygen atoms in total. The average Bonchev–Trinajstić information content (AvgIpc) is 2.61. The van der Waals surface area contributed by atoms with Gasteiger partial charge in [-0.1, -0.05) is 0 Å². The van der Waals surface area contributed by atoms with E-state index in [2.05, 4.69) is 20.0 Å². The van der Waals surface area contributed by atoms with Crippen LogP contribution in [0.1, 0.15) is 5.69 Å². The molecule has 1 rings (SSSR count). The maximum atomic E-state index is 10.7. The number of aliphatic imine (C=N–C) groups is 1. The molecule has 0 spiro atoms. The summed E-state index contributed by atoms with van der Waals surface area (Å²) in [6.45, 7) is 0.281. The van der Waals surface area contributed by atoms with Crippen molar-refractivity contribution in [2.24, 2.45) is 16.5 Å². The van der Waals surface area contributed by atoms with Crippen LogP contribution in [0.25, 0.3) is 0 Å². The minimum absolute atomic E-state index is 0.0446. The summed E-state index contributed by atoms with van der Waals surface area (Å²) in [5, 5.41) is 4.69.